The molecule has 2 nitrogen and oxygen atoms in total. The summed E-state index contributed by atoms with van der Waals surface area (Å²) >= 11 is 0. The lowest BCUT2D eigenvalue weighted by molar-refractivity contribution is 0.409. The van der Waals surface area contributed by atoms with E-state index in [0.29, 0.717) is 6.54 Å². The minimum atomic E-state index is 0.533. The molecule has 0 aliphatic carbocycles. The number of ether oxygens (including phenoxy) is 1. The van der Waals surface area contributed by atoms with Gasteiger partial charge < -0.3 is 10.5 Å². The summed E-state index contributed by atoms with van der Waals surface area (Å²) in [7, 11) is 1.66. The number of nitrogens with two attached hydrogens (primary N) is 1. The average molecular weight is 181 g/mol. The summed E-state index contributed by atoms with van der Waals surface area (Å²) in [5, 5.41) is 0. The molecule has 0 unspecified atom stereocenters. The highest BCUT2D eigenvalue weighted by molar-refractivity contribution is 5.36. The quantitative estimate of drug-likeness (QED) is 0.760. The topological polar surface area (TPSA) is 35.2 Å². The van der Waals surface area contributed by atoms with Crippen LogP contribution in [0.3, 0.4) is 0 Å². The summed E-state index contributed by atoms with van der Waals surface area (Å²) in [5.41, 5.74) is 7.79. The van der Waals surface area contributed by atoms with Crippen molar-refractivity contribution >= 4 is 0 Å². The van der Waals surface area contributed by atoms with Crippen LogP contribution in [0, 0.1) is 6.92 Å². The van der Waals surface area contributed by atoms with E-state index in [4.69, 9.17) is 10.5 Å². The average Bonchev–Trinajstić information content (AvgIpc) is 2.20. The first-order valence-corrected chi connectivity index (χ1v) is 4.61. The van der Waals surface area contributed by atoms with Gasteiger partial charge in [0.15, 0.2) is 0 Å². The fourth-order valence-corrected chi connectivity index (χ4v) is 1.07. The van der Waals surface area contributed by atoms with Crippen molar-refractivity contribution in [3.05, 3.63) is 29.3 Å². The molecule has 1 rings (SSSR count). The highest BCUT2D eigenvalue weighted by Crippen LogP contribution is 2.18. The van der Waals surface area contributed by atoms with Crippen molar-refractivity contribution in [1.82, 2.24) is 0 Å². The highest BCUT2D eigenvalue weighted by Gasteiger charge is 1.98. The molecule has 0 spiro atoms. The molecule has 1 aromatic carbocycles. The van der Waals surface area contributed by atoms with Crippen LogP contribution in [0.5, 0.6) is 5.75 Å². The second-order valence-electron chi connectivity index (χ2n) is 2.52. The first-order valence-electron chi connectivity index (χ1n) is 4.61. The second-order valence-corrected chi connectivity index (χ2v) is 2.52. The molecule has 13 heavy (non-hydrogen) atoms. The largest absolute Gasteiger partial charge is 0.496 e. The molecule has 0 bridgehead atoms. The number of rotatable bonds is 2. The normalized spacial score (nSPS) is 8.69. The van der Waals surface area contributed by atoms with Crippen LogP contribution in [0.25, 0.3) is 0 Å². The lowest BCUT2D eigenvalue weighted by Gasteiger charge is -2.06. The van der Waals surface area contributed by atoms with Crippen LogP contribution in [-0.4, -0.2) is 7.11 Å². The van der Waals surface area contributed by atoms with E-state index in [0.717, 1.165) is 11.3 Å². The third kappa shape index (κ3) is 3.47. The van der Waals surface area contributed by atoms with E-state index in [1.165, 1.54) is 5.56 Å². The molecule has 0 heterocycles. The van der Waals surface area contributed by atoms with E-state index in [1.54, 1.807) is 7.11 Å². The third-order valence-electron chi connectivity index (χ3n) is 1.66. The molecule has 0 amide bonds. The predicted octanol–water partition coefficient (Wildman–Crippen LogP) is 2.49. The van der Waals surface area contributed by atoms with Gasteiger partial charge in [0.05, 0.1) is 7.11 Å². The highest BCUT2D eigenvalue weighted by atomic mass is 16.5. The molecule has 0 aliphatic heterocycles. The Morgan fingerprint density at radius 3 is 2.38 bits per heavy atom. The Bertz CT molecular complexity index is 246. The molecule has 0 saturated carbocycles. The lowest BCUT2D eigenvalue weighted by Crippen LogP contribution is -1.99. The number of hydrogen-bond acceptors (Lipinski definition) is 2. The molecule has 0 aromatic heterocycles. The summed E-state index contributed by atoms with van der Waals surface area (Å²) in [5.74, 6) is 0.873. The van der Waals surface area contributed by atoms with E-state index in [1.807, 2.05) is 39.0 Å². The predicted molar refractivity (Wildman–Crippen MR) is 57.0 cm³/mol. The molecule has 0 radical (unpaired) electrons. The van der Waals surface area contributed by atoms with Gasteiger partial charge >= 0.3 is 0 Å². The zero-order valence-electron chi connectivity index (χ0n) is 8.92. The van der Waals surface area contributed by atoms with E-state index in [2.05, 4.69) is 0 Å². The zero-order valence-corrected chi connectivity index (χ0v) is 8.92. The van der Waals surface area contributed by atoms with Crippen LogP contribution >= 0.6 is 0 Å². The maximum absolute atomic E-state index is 5.52. The maximum atomic E-state index is 5.52. The summed E-state index contributed by atoms with van der Waals surface area (Å²) in [6.45, 7) is 6.57. The van der Waals surface area contributed by atoms with Crippen LogP contribution in [0.1, 0.15) is 25.0 Å². The van der Waals surface area contributed by atoms with Gasteiger partial charge in [-0.2, -0.15) is 0 Å². The Morgan fingerprint density at radius 2 is 1.92 bits per heavy atom. The Balaban J connectivity index is 0.000000671. The Kier molecular flexibility index (Phi) is 5.98. The van der Waals surface area contributed by atoms with Gasteiger partial charge in [0.25, 0.3) is 0 Å². The fraction of sp³-hybridized carbons (Fsp3) is 0.455. The molecule has 0 atom stereocenters. The number of hydrogen-bond donors (Lipinski definition) is 1. The Hall–Kier alpha value is -1.02. The minimum Gasteiger partial charge on any atom is -0.496 e. The maximum Gasteiger partial charge on any atom is 0.123 e. The van der Waals surface area contributed by atoms with Crippen LogP contribution in [0.15, 0.2) is 18.2 Å². The summed E-state index contributed by atoms with van der Waals surface area (Å²) in [6.07, 6.45) is 0. The van der Waals surface area contributed by atoms with Crippen LogP contribution < -0.4 is 10.5 Å². The lowest BCUT2D eigenvalue weighted by atomic mass is 10.1. The van der Waals surface area contributed by atoms with Gasteiger partial charge in [-0.1, -0.05) is 31.5 Å². The number of aryl methyl sites for hydroxylation is 1. The van der Waals surface area contributed by atoms with Gasteiger partial charge in [0.1, 0.15) is 5.75 Å². The van der Waals surface area contributed by atoms with Crippen LogP contribution in [0.2, 0.25) is 0 Å². The van der Waals surface area contributed by atoms with Crippen molar-refractivity contribution < 1.29 is 4.74 Å². The van der Waals surface area contributed by atoms with E-state index in [9.17, 15) is 0 Å². The van der Waals surface area contributed by atoms with Crippen molar-refractivity contribution in [1.29, 1.82) is 0 Å². The van der Waals surface area contributed by atoms with Crippen molar-refractivity contribution in [3.8, 4) is 5.75 Å². The van der Waals surface area contributed by atoms with Crippen LogP contribution in [0.4, 0.5) is 0 Å². The summed E-state index contributed by atoms with van der Waals surface area (Å²) < 4.78 is 5.11. The van der Waals surface area contributed by atoms with Gasteiger partial charge in [0, 0.05) is 12.1 Å². The van der Waals surface area contributed by atoms with Crippen molar-refractivity contribution in [2.75, 3.05) is 7.11 Å². The summed E-state index contributed by atoms with van der Waals surface area (Å²) in [4.78, 5) is 0. The molecule has 0 aliphatic rings. The van der Waals surface area contributed by atoms with Gasteiger partial charge in [-0.05, 0) is 13.0 Å². The fourth-order valence-electron chi connectivity index (χ4n) is 1.07. The molecule has 0 fully saturated rings. The van der Waals surface area contributed by atoms with E-state index >= 15 is 0 Å². The number of benzene rings is 1. The molecule has 1 aromatic rings. The minimum absolute atomic E-state index is 0.533. The van der Waals surface area contributed by atoms with Crippen molar-refractivity contribution in [2.45, 2.75) is 27.3 Å². The second kappa shape index (κ2) is 6.49. The smallest absolute Gasteiger partial charge is 0.123 e. The molecule has 2 heteroatoms. The standard InChI is InChI=1S/C9H13NO.C2H6/c1-7-3-4-9(11-2)8(5-7)6-10;1-2/h3-5H,6,10H2,1-2H3;1-2H3. The first kappa shape index (κ1) is 12.0. The van der Waals surface area contributed by atoms with Gasteiger partial charge in [0.2, 0.25) is 0 Å². The van der Waals surface area contributed by atoms with E-state index in [-0.39, 0.29) is 0 Å². The van der Waals surface area contributed by atoms with E-state index < -0.39 is 0 Å². The SMILES string of the molecule is CC.COc1ccc(C)cc1CN. The molecule has 74 valence electrons. The summed E-state index contributed by atoms with van der Waals surface area (Å²) in [6, 6.07) is 5.99. The third-order valence-corrected chi connectivity index (χ3v) is 1.66. The first-order chi connectivity index (χ1) is 6.27. The Morgan fingerprint density at radius 1 is 1.31 bits per heavy atom. The number of methoxy groups -OCH3 is 1. The van der Waals surface area contributed by atoms with Gasteiger partial charge in [-0.15, -0.1) is 0 Å². The molecule has 0 saturated heterocycles. The monoisotopic (exact) mass is 181 g/mol. The van der Waals surface area contributed by atoms with Gasteiger partial charge in [-0.3, -0.25) is 0 Å². The van der Waals surface area contributed by atoms with Crippen molar-refractivity contribution in [2.24, 2.45) is 5.73 Å². The Labute approximate surface area is 80.7 Å². The van der Waals surface area contributed by atoms with Gasteiger partial charge in [-0.25, -0.2) is 0 Å². The molecular weight excluding hydrogens is 162 g/mol. The molecule has 2 N–H and O–H groups in total. The van der Waals surface area contributed by atoms with Crippen molar-refractivity contribution in [3.63, 3.8) is 0 Å². The van der Waals surface area contributed by atoms with Crippen LogP contribution in [-0.2, 0) is 6.54 Å². The molecular formula is C11H19NO. The zero-order chi connectivity index (χ0) is 10.3.